The number of hydrogen-bond acceptors (Lipinski definition) is 3. The summed E-state index contributed by atoms with van der Waals surface area (Å²) >= 11 is 0. The number of hydrogen-bond donors (Lipinski definition) is 1. The summed E-state index contributed by atoms with van der Waals surface area (Å²) in [5.41, 5.74) is 0.0333. The summed E-state index contributed by atoms with van der Waals surface area (Å²) in [6.07, 6.45) is 7.78. The Kier molecular flexibility index (Phi) is 5.33. The molecule has 2 fully saturated rings. The largest absolute Gasteiger partial charge is 0.481 e. The molecular weight excluding hydrogens is 280 g/mol. The fourth-order valence-electron chi connectivity index (χ4n) is 3.70. The van der Waals surface area contributed by atoms with Gasteiger partial charge in [0.25, 0.3) is 0 Å². The Labute approximate surface area is 133 Å². The molecule has 3 unspecified atom stereocenters. The van der Waals surface area contributed by atoms with Gasteiger partial charge in [-0.05, 0) is 25.2 Å². The predicted octanol–water partition coefficient (Wildman–Crippen LogP) is 3.86. The minimum atomic E-state index is -0.720. The fraction of sp³-hybridized carbons (Fsp3) is 0.833. The number of carboxylic acids is 1. The van der Waals surface area contributed by atoms with Crippen LogP contribution in [0.1, 0.15) is 53.4 Å². The Morgan fingerprint density at radius 2 is 1.95 bits per heavy atom. The molecule has 1 spiro atoms. The van der Waals surface area contributed by atoms with Crippen molar-refractivity contribution in [3.05, 3.63) is 12.2 Å². The van der Waals surface area contributed by atoms with Gasteiger partial charge in [-0.15, -0.1) is 0 Å². The van der Waals surface area contributed by atoms with Gasteiger partial charge >= 0.3 is 5.97 Å². The molecule has 1 N–H and O–H groups in total. The van der Waals surface area contributed by atoms with E-state index in [2.05, 4.69) is 32.9 Å². The SMILES string of the molecule is CC/C=C\CC1C(C(C)C(=O)O)CCC12OCC(C)(C)CO2. The smallest absolute Gasteiger partial charge is 0.306 e. The lowest BCUT2D eigenvalue weighted by molar-refractivity contribution is -0.316. The molecule has 0 aromatic rings. The number of allylic oxidation sites excluding steroid dienone is 2. The molecule has 0 aromatic carbocycles. The van der Waals surface area contributed by atoms with E-state index in [1.165, 1.54) is 0 Å². The highest BCUT2D eigenvalue weighted by Crippen LogP contribution is 2.51. The topological polar surface area (TPSA) is 55.8 Å². The third kappa shape index (κ3) is 3.54. The molecular formula is C18H30O4. The lowest BCUT2D eigenvalue weighted by atomic mass is 9.80. The van der Waals surface area contributed by atoms with Crippen molar-refractivity contribution in [1.82, 2.24) is 0 Å². The van der Waals surface area contributed by atoms with Gasteiger partial charge in [-0.3, -0.25) is 4.79 Å². The average Bonchev–Trinajstić information content (AvgIpc) is 2.81. The van der Waals surface area contributed by atoms with Crippen molar-refractivity contribution in [2.24, 2.45) is 23.2 Å². The van der Waals surface area contributed by atoms with Crippen LogP contribution in [0.2, 0.25) is 0 Å². The van der Waals surface area contributed by atoms with Crippen molar-refractivity contribution in [3.63, 3.8) is 0 Å². The van der Waals surface area contributed by atoms with Gasteiger partial charge in [0.2, 0.25) is 0 Å². The van der Waals surface area contributed by atoms with Gasteiger partial charge in [-0.2, -0.15) is 0 Å². The molecule has 1 saturated carbocycles. The Bertz CT molecular complexity index is 417. The molecule has 4 heteroatoms. The van der Waals surface area contributed by atoms with E-state index in [1.54, 1.807) is 0 Å². The van der Waals surface area contributed by atoms with E-state index in [1.807, 2.05) is 6.92 Å². The van der Waals surface area contributed by atoms with E-state index < -0.39 is 11.8 Å². The molecule has 2 aliphatic rings. The molecule has 1 heterocycles. The molecule has 0 aromatic heterocycles. The zero-order chi connectivity index (χ0) is 16.4. The second kappa shape index (κ2) is 6.71. The monoisotopic (exact) mass is 310 g/mol. The molecule has 4 nitrogen and oxygen atoms in total. The van der Waals surface area contributed by atoms with Gasteiger partial charge < -0.3 is 14.6 Å². The Hall–Kier alpha value is -0.870. The Balaban J connectivity index is 2.18. The standard InChI is InChI=1S/C18H30O4/c1-5-6-7-8-15-14(13(2)16(19)20)9-10-18(15)21-11-17(3,4)12-22-18/h6-7,13-15H,5,8-12H2,1-4H3,(H,19,20)/b7-6-. The Morgan fingerprint density at radius 1 is 1.32 bits per heavy atom. The third-order valence-corrected chi connectivity index (χ3v) is 5.15. The first-order chi connectivity index (χ1) is 10.3. The summed E-state index contributed by atoms with van der Waals surface area (Å²) in [7, 11) is 0. The number of aliphatic carboxylic acids is 1. The predicted molar refractivity (Wildman–Crippen MR) is 85.5 cm³/mol. The van der Waals surface area contributed by atoms with E-state index >= 15 is 0 Å². The number of carbonyl (C=O) groups is 1. The number of carboxylic acid groups (broad SMARTS) is 1. The van der Waals surface area contributed by atoms with Gasteiger partial charge in [0.15, 0.2) is 5.79 Å². The molecule has 0 amide bonds. The first-order valence-electron chi connectivity index (χ1n) is 8.47. The van der Waals surface area contributed by atoms with Crippen molar-refractivity contribution >= 4 is 5.97 Å². The van der Waals surface area contributed by atoms with Crippen LogP contribution in [0.25, 0.3) is 0 Å². The van der Waals surface area contributed by atoms with E-state index in [9.17, 15) is 9.90 Å². The van der Waals surface area contributed by atoms with Gasteiger partial charge in [0, 0.05) is 17.8 Å². The van der Waals surface area contributed by atoms with E-state index in [0.29, 0.717) is 13.2 Å². The highest BCUT2D eigenvalue weighted by atomic mass is 16.7. The van der Waals surface area contributed by atoms with Crippen LogP contribution in [-0.4, -0.2) is 30.1 Å². The Morgan fingerprint density at radius 3 is 2.50 bits per heavy atom. The first-order valence-corrected chi connectivity index (χ1v) is 8.47. The molecule has 0 bridgehead atoms. The summed E-state index contributed by atoms with van der Waals surface area (Å²) in [4.78, 5) is 11.4. The molecule has 3 atom stereocenters. The molecule has 22 heavy (non-hydrogen) atoms. The fourth-order valence-corrected chi connectivity index (χ4v) is 3.70. The summed E-state index contributed by atoms with van der Waals surface area (Å²) in [5, 5.41) is 9.40. The van der Waals surface area contributed by atoms with Crippen molar-refractivity contribution in [2.75, 3.05) is 13.2 Å². The maximum absolute atomic E-state index is 11.4. The number of rotatable bonds is 5. The number of ether oxygens (including phenoxy) is 2. The summed E-state index contributed by atoms with van der Waals surface area (Å²) < 4.78 is 12.4. The lowest BCUT2D eigenvalue weighted by Gasteiger charge is -2.45. The van der Waals surface area contributed by atoms with Crippen molar-refractivity contribution in [3.8, 4) is 0 Å². The molecule has 126 valence electrons. The second-order valence-electron chi connectivity index (χ2n) is 7.60. The zero-order valence-corrected chi connectivity index (χ0v) is 14.3. The van der Waals surface area contributed by atoms with Crippen LogP contribution in [0.15, 0.2) is 12.2 Å². The summed E-state index contributed by atoms with van der Waals surface area (Å²) in [6, 6.07) is 0. The normalized spacial score (nSPS) is 31.6. The highest BCUT2D eigenvalue weighted by molar-refractivity contribution is 5.70. The van der Waals surface area contributed by atoms with Crippen molar-refractivity contribution in [2.45, 2.75) is 59.2 Å². The van der Waals surface area contributed by atoms with Gasteiger partial charge in [-0.25, -0.2) is 0 Å². The van der Waals surface area contributed by atoms with E-state index in [-0.39, 0.29) is 23.2 Å². The van der Waals surface area contributed by atoms with Crippen LogP contribution < -0.4 is 0 Å². The second-order valence-corrected chi connectivity index (χ2v) is 7.60. The molecule has 0 radical (unpaired) electrons. The summed E-state index contributed by atoms with van der Waals surface area (Å²) in [5.74, 6) is -1.43. The van der Waals surface area contributed by atoms with Gasteiger partial charge in [-0.1, -0.05) is 39.8 Å². The van der Waals surface area contributed by atoms with E-state index in [0.717, 1.165) is 25.7 Å². The lowest BCUT2D eigenvalue weighted by Crippen LogP contribution is -2.51. The van der Waals surface area contributed by atoms with Crippen LogP contribution in [0.3, 0.4) is 0 Å². The zero-order valence-electron chi connectivity index (χ0n) is 14.3. The summed E-state index contributed by atoms with van der Waals surface area (Å²) in [6.45, 7) is 9.55. The highest BCUT2D eigenvalue weighted by Gasteiger charge is 2.55. The third-order valence-electron chi connectivity index (χ3n) is 5.15. The minimum Gasteiger partial charge on any atom is -0.481 e. The molecule has 1 aliphatic heterocycles. The minimum absolute atomic E-state index is 0.0333. The maximum atomic E-state index is 11.4. The van der Waals surface area contributed by atoms with Crippen molar-refractivity contribution < 1.29 is 19.4 Å². The molecule has 2 rings (SSSR count). The van der Waals surface area contributed by atoms with E-state index in [4.69, 9.17) is 9.47 Å². The van der Waals surface area contributed by atoms with Crippen LogP contribution in [0.4, 0.5) is 0 Å². The van der Waals surface area contributed by atoms with Crippen LogP contribution in [0, 0.1) is 23.2 Å². The van der Waals surface area contributed by atoms with Gasteiger partial charge in [0.1, 0.15) is 0 Å². The molecule has 1 aliphatic carbocycles. The van der Waals surface area contributed by atoms with Gasteiger partial charge in [0.05, 0.1) is 19.1 Å². The van der Waals surface area contributed by atoms with Crippen LogP contribution >= 0.6 is 0 Å². The average molecular weight is 310 g/mol. The van der Waals surface area contributed by atoms with Crippen LogP contribution in [0.5, 0.6) is 0 Å². The maximum Gasteiger partial charge on any atom is 0.306 e. The quantitative estimate of drug-likeness (QED) is 0.783. The van der Waals surface area contributed by atoms with Crippen LogP contribution in [-0.2, 0) is 14.3 Å². The molecule has 1 saturated heterocycles. The van der Waals surface area contributed by atoms with Crippen molar-refractivity contribution in [1.29, 1.82) is 0 Å². The first kappa shape index (κ1) is 17.5.